The molecular formula is C15H21BrN2O. The zero-order valence-corrected chi connectivity index (χ0v) is 13.1. The van der Waals surface area contributed by atoms with Gasteiger partial charge in [0.1, 0.15) is 0 Å². The number of rotatable bonds is 2. The fraction of sp³-hybridized carbons (Fsp3) is 0.533. The summed E-state index contributed by atoms with van der Waals surface area (Å²) in [5.74, 6) is -0.0648. The standard InChI is InChI=1S/C15H21BrN2O/c1-15(2)8-4-3-5-13(15)18-14(19)11-7-6-10(16)9-12(11)17/h6-7,9,13H,3-5,8,17H2,1-2H3,(H,18,19). The molecule has 3 nitrogen and oxygen atoms in total. The number of hydrogen-bond acceptors (Lipinski definition) is 2. The van der Waals surface area contributed by atoms with Crippen LogP contribution in [0.5, 0.6) is 0 Å². The molecule has 1 aliphatic carbocycles. The lowest BCUT2D eigenvalue weighted by Crippen LogP contribution is -2.46. The summed E-state index contributed by atoms with van der Waals surface area (Å²) in [5, 5.41) is 3.15. The highest BCUT2D eigenvalue weighted by Gasteiger charge is 2.33. The number of nitrogen functional groups attached to an aromatic ring is 1. The Bertz CT molecular complexity index is 485. The fourth-order valence-electron chi connectivity index (χ4n) is 2.74. The molecule has 19 heavy (non-hydrogen) atoms. The Hall–Kier alpha value is -1.03. The Kier molecular flexibility index (Phi) is 4.19. The number of nitrogens with one attached hydrogen (secondary N) is 1. The summed E-state index contributed by atoms with van der Waals surface area (Å²) in [6, 6.07) is 5.61. The summed E-state index contributed by atoms with van der Waals surface area (Å²) < 4.78 is 0.888. The van der Waals surface area contributed by atoms with Crippen molar-refractivity contribution in [2.45, 2.75) is 45.6 Å². The predicted octanol–water partition coefficient (Wildman–Crippen LogP) is 3.73. The van der Waals surface area contributed by atoms with Gasteiger partial charge in [-0.25, -0.2) is 0 Å². The lowest BCUT2D eigenvalue weighted by atomic mass is 9.73. The van der Waals surface area contributed by atoms with E-state index >= 15 is 0 Å². The number of carbonyl (C=O) groups is 1. The van der Waals surface area contributed by atoms with Crippen LogP contribution in [0, 0.1) is 5.41 Å². The molecule has 4 heteroatoms. The van der Waals surface area contributed by atoms with E-state index in [0.717, 1.165) is 17.3 Å². The van der Waals surface area contributed by atoms with Crippen LogP contribution < -0.4 is 11.1 Å². The summed E-state index contributed by atoms with van der Waals surface area (Å²) >= 11 is 3.35. The van der Waals surface area contributed by atoms with Crippen molar-refractivity contribution in [3.63, 3.8) is 0 Å². The minimum atomic E-state index is -0.0648. The summed E-state index contributed by atoms with van der Waals surface area (Å²) in [6.45, 7) is 4.45. The van der Waals surface area contributed by atoms with Crippen molar-refractivity contribution in [1.82, 2.24) is 5.32 Å². The zero-order chi connectivity index (χ0) is 14.0. The van der Waals surface area contributed by atoms with Gasteiger partial charge in [0.2, 0.25) is 0 Å². The minimum absolute atomic E-state index is 0.0648. The summed E-state index contributed by atoms with van der Waals surface area (Å²) in [7, 11) is 0. The van der Waals surface area contributed by atoms with Gasteiger partial charge in [-0.2, -0.15) is 0 Å². The number of anilines is 1. The van der Waals surface area contributed by atoms with Crippen molar-refractivity contribution >= 4 is 27.5 Å². The Morgan fingerprint density at radius 2 is 2.16 bits per heavy atom. The molecule has 0 aromatic heterocycles. The van der Waals surface area contributed by atoms with Crippen LogP contribution in [0.1, 0.15) is 49.9 Å². The minimum Gasteiger partial charge on any atom is -0.398 e. The van der Waals surface area contributed by atoms with E-state index in [-0.39, 0.29) is 17.4 Å². The molecule has 1 amide bonds. The number of carbonyl (C=O) groups excluding carboxylic acids is 1. The van der Waals surface area contributed by atoms with E-state index in [9.17, 15) is 4.79 Å². The van der Waals surface area contributed by atoms with Gasteiger partial charge in [0, 0.05) is 16.2 Å². The first-order chi connectivity index (χ1) is 8.90. The molecule has 0 heterocycles. The molecule has 0 spiro atoms. The van der Waals surface area contributed by atoms with E-state index in [2.05, 4.69) is 35.1 Å². The topological polar surface area (TPSA) is 55.1 Å². The van der Waals surface area contributed by atoms with Crippen molar-refractivity contribution in [2.24, 2.45) is 5.41 Å². The maximum atomic E-state index is 12.3. The lowest BCUT2D eigenvalue weighted by Gasteiger charge is -2.39. The van der Waals surface area contributed by atoms with E-state index < -0.39 is 0 Å². The third-order valence-electron chi connectivity index (χ3n) is 4.07. The number of nitrogens with two attached hydrogens (primary N) is 1. The first-order valence-electron chi connectivity index (χ1n) is 6.76. The molecule has 1 aromatic carbocycles. The molecular weight excluding hydrogens is 304 g/mol. The maximum Gasteiger partial charge on any atom is 0.253 e. The molecule has 2 rings (SSSR count). The van der Waals surface area contributed by atoms with Crippen LogP contribution in [0.3, 0.4) is 0 Å². The number of amides is 1. The Morgan fingerprint density at radius 1 is 1.42 bits per heavy atom. The van der Waals surface area contributed by atoms with Gasteiger partial charge < -0.3 is 11.1 Å². The molecule has 1 saturated carbocycles. The molecule has 0 saturated heterocycles. The molecule has 1 aromatic rings. The van der Waals surface area contributed by atoms with Crippen molar-refractivity contribution in [2.75, 3.05) is 5.73 Å². The second-order valence-electron chi connectivity index (χ2n) is 5.99. The van der Waals surface area contributed by atoms with Gasteiger partial charge in [0.15, 0.2) is 0 Å². The SMILES string of the molecule is CC1(C)CCCCC1NC(=O)c1ccc(Br)cc1N. The van der Waals surface area contributed by atoms with Crippen LogP contribution in [-0.2, 0) is 0 Å². The highest BCUT2D eigenvalue weighted by molar-refractivity contribution is 9.10. The van der Waals surface area contributed by atoms with E-state index in [1.54, 1.807) is 12.1 Å². The second-order valence-corrected chi connectivity index (χ2v) is 6.91. The number of hydrogen-bond donors (Lipinski definition) is 2. The second kappa shape index (κ2) is 5.53. The highest BCUT2D eigenvalue weighted by Crippen LogP contribution is 2.35. The van der Waals surface area contributed by atoms with E-state index in [4.69, 9.17) is 5.73 Å². The Balaban J connectivity index is 2.12. The molecule has 3 N–H and O–H groups in total. The van der Waals surface area contributed by atoms with Crippen LogP contribution >= 0.6 is 15.9 Å². The molecule has 1 aliphatic rings. The first kappa shape index (κ1) is 14.4. The number of halogens is 1. The molecule has 1 fully saturated rings. The molecule has 1 unspecified atom stereocenters. The van der Waals surface area contributed by atoms with Crippen LogP contribution in [0.25, 0.3) is 0 Å². The van der Waals surface area contributed by atoms with Crippen LogP contribution in [0.4, 0.5) is 5.69 Å². The van der Waals surface area contributed by atoms with Gasteiger partial charge in [0.25, 0.3) is 5.91 Å². The van der Waals surface area contributed by atoms with Gasteiger partial charge in [-0.15, -0.1) is 0 Å². The van der Waals surface area contributed by atoms with E-state index in [0.29, 0.717) is 11.3 Å². The Labute approximate surface area is 123 Å². The van der Waals surface area contributed by atoms with Crippen molar-refractivity contribution < 1.29 is 4.79 Å². The highest BCUT2D eigenvalue weighted by atomic mass is 79.9. The smallest absolute Gasteiger partial charge is 0.253 e. The van der Waals surface area contributed by atoms with Gasteiger partial charge in [-0.1, -0.05) is 42.6 Å². The predicted molar refractivity (Wildman–Crippen MR) is 82.1 cm³/mol. The van der Waals surface area contributed by atoms with Crippen LogP contribution in [0.2, 0.25) is 0 Å². The van der Waals surface area contributed by atoms with Gasteiger partial charge >= 0.3 is 0 Å². The lowest BCUT2D eigenvalue weighted by molar-refractivity contribution is 0.0854. The van der Waals surface area contributed by atoms with Crippen LogP contribution in [-0.4, -0.2) is 11.9 Å². The quantitative estimate of drug-likeness (QED) is 0.814. The molecule has 104 valence electrons. The summed E-state index contributed by atoms with van der Waals surface area (Å²) in [5.41, 5.74) is 7.14. The van der Waals surface area contributed by atoms with Crippen molar-refractivity contribution in [3.8, 4) is 0 Å². The third kappa shape index (κ3) is 3.30. The van der Waals surface area contributed by atoms with E-state index in [1.807, 2.05) is 6.07 Å². The first-order valence-corrected chi connectivity index (χ1v) is 7.55. The third-order valence-corrected chi connectivity index (χ3v) is 4.56. The van der Waals surface area contributed by atoms with Crippen molar-refractivity contribution in [1.29, 1.82) is 0 Å². The maximum absolute atomic E-state index is 12.3. The van der Waals surface area contributed by atoms with Gasteiger partial charge in [-0.05, 0) is 36.5 Å². The average molecular weight is 325 g/mol. The van der Waals surface area contributed by atoms with Crippen LogP contribution in [0.15, 0.2) is 22.7 Å². The van der Waals surface area contributed by atoms with Gasteiger partial charge in [-0.3, -0.25) is 4.79 Å². The zero-order valence-electron chi connectivity index (χ0n) is 11.5. The fourth-order valence-corrected chi connectivity index (χ4v) is 3.12. The Morgan fingerprint density at radius 3 is 2.79 bits per heavy atom. The van der Waals surface area contributed by atoms with E-state index in [1.165, 1.54) is 12.8 Å². The van der Waals surface area contributed by atoms with Crippen molar-refractivity contribution in [3.05, 3.63) is 28.2 Å². The monoisotopic (exact) mass is 324 g/mol. The largest absolute Gasteiger partial charge is 0.398 e. The average Bonchev–Trinajstić information content (AvgIpc) is 2.31. The van der Waals surface area contributed by atoms with Gasteiger partial charge in [0.05, 0.1) is 5.56 Å². The molecule has 0 bridgehead atoms. The molecule has 0 aliphatic heterocycles. The normalized spacial score (nSPS) is 21.9. The molecule has 1 atom stereocenters. The molecule has 0 radical (unpaired) electrons. The number of benzene rings is 1. The summed E-state index contributed by atoms with van der Waals surface area (Å²) in [4.78, 5) is 12.3. The summed E-state index contributed by atoms with van der Waals surface area (Å²) in [6.07, 6.45) is 4.65.